The number of ether oxygens (including phenoxy) is 1. The van der Waals surface area contributed by atoms with E-state index in [0.29, 0.717) is 0 Å². The van der Waals surface area contributed by atoms with Crippen molar-refractivity contribution in [1.82, 2.24) is 0 Å². The van der Waals surface area contributed by atoms with Gasteiger partial charge < -0.3 is 10.1 Å². The summed E-state index contributed by atoms with van der Waals surface area (Å²) in [6, 6.07) is 12.6. The zero-order valence-electron chi connectivity index (χ0n) is 12.1. The standard InChI is InChI=1S/C17H21NO/c1-12-9-13(2)17(14(3)10-12)18-11-15-5-7-16(19-4)8-6-15/h5-10,18H,11H2,1-4H3. The molecule has 0 aliphatic heterocycles. The van der Waals surface area contributed by atoms with E-state index in [1.807, 2.05) is 12.1 Å². The smallest absolute Gasteiger partial charge is 0.118 e. The molecule has 0 aromatic heterocycles. The molecule has 0 radical (unpaired) electrons. The first kappa shape index (κ1) is 13.5. The predicted molar refractivity (Wildman–Crippen MR) is 81.0 cm³/mol. The van der Waals surface area contributed by atoms with E-state index in [1.165, 1.54) is 27.9 Å². The van der Waals surface area contributed by atoms with Crippen molar-refractivity contribution in [3.63, 3.8) is 0 Å². The van der Waals surface area contributed by atoms with Gasteiger partial charge in [-0.2, -0.15) is 0 Å². The van der Waals surface area contributed by atoms with Crippen molar-refractivity contribution < 1.29 is 4.74 Å². The highest BCUT2D eigenvalue weighted by atomic mass is 16.5. The summed E-state index contributed by atoms with van der Waals surface area (Å²) in [5.41, 5.74) is 6.39. The highest BCUT2D eigenvalue weighted by molar-refractivity contribution is 5.58. The molecule has 0 saturated carbocycles. The molecule has 2 nitrogen and oxygen atoms in total. The van der Waals surface area contributed by atoms with Gasteiger partial charge in [-0.25, -0.2) is 0 Å². The van der Waals surface area contributed by atoms with E-state index in [1.54, 1.807) is 7.11 Å². The summed E-state index contributed by atoms with van der Waals surface area (Å²) in [6.45, 7) is 7.26. The van der Waals surface area contributed by atoms with Gasteiger partial charge in [-0.1, -0.05) is 29.8 Å². The Hall–Kier alpha value is -1.96. The van der Waals surface area contributed by atoms with Gasteiger partial charge in [0.15, 0.2) is 0 Å². The lowest BCUT2D eigenvalue weighted by Gasteiger charge is -2.14. The summed E-state index contributed by atoms with van der Waals surface area (Å²) in [5, 5.41) is 3.52. The average Bonchev–Trinajstić information content (AvgIpc) is 2.38. The monoisotopic (exact) mass is 255 g/mol. The number of aryl methyl sites for hydroxylation is 3. The number of hydrogen-bond donors (Lipinski definition) is 1. The third kappa shape index (κ3) is 3.28. The van der Waals surface area contributed by atoms with Crippen molar-refractivity contribution in [3.05, 3.63) is 58.7 Å². The normalized spacial score (nSPS) is 10.3. The lowest BCUT2D eigenvalue weighted by Crippen LogP contribution is -2.03. The largest absolute Gasteiger partial charge is 0.497 e. The second kappa shape index (κ2) is 5.79. The van der Waals surface area contributed by atoms with Crippen LogP contribution in [0.1, 0.15) is 22.3 Å². The number of anilines is 1. The summed E-state index contributed by atoms with van der Waals surface area (Å²) in [7, 11) is 1.69. The first-order chi connectivity index (χ1) is 9.10. The fourth-order valence-corrected chi connectivity index (χ4v) is 2.39. The molecule has 0 bridgehead atoms. The van der Waals surface area contributed by atoms with Gasteiger partial charge in [0.25, 0.3) is 0 Å². The number of hydrogen-bond acceptors (Lipinski definition) is 2. The predicted octanol–water partition coefficient (Wildman–Crippen LogP) is 4.23. The molecule has 0 amide bonds. The van der Waals surface area contributed by atoms with E-state index in [0.717, 1.165) is 12.3 Å². The van der Waals surface area contributed by atoms with E-state index in [-0.39, 0.29) is 0 Å². The molecule has 2 heteroatoms. The Morgan fingerprint density at radius 3 is 2.05 bits per heavy atom. The van der Waals surface area contributed by atoms with Crippen molar-refractivity contribution in [2.24, 2.45) is 0 Å². The van der Waals surface area contributed by atoms with Crippen molar-refractivity contribution in [1.29, 1.82) is 0 Å². The first-order valence-electron chi connectivity index (χ1n) is 6.55. The van der Waals surface area contributed by atoms with Gasteiger partial charge in [-0.05, 0) is 49.6 Å². The van der Waals surface area contributed by atoms with Gasteiger partial charge in [0.2, 0.25) is 0 Å². The fraction of sp³-hybridized carbons (Fsp3) is 0.294. The first-order valence-corrected chi connectivity index (χ1v) is 6.55. The summed E-state index contributed by atoms with van der Waals surface area (Å²) in [4.78, 5) is 0. The molecule has 0 aliphatic carbocycles. The molecule has 2 rings (SSSR count). The molecule has 1 N–H and O–H groups in total. The van der Waals surface area contributed by atoms with Crippen LogP contribution in [0.2, 0.25) is 0 Å². The molecule has 0 fully saturated rings. The van der Waals surface area contributed by atoms with E-state index in [2.05, 4.69) is 50.4 Å². The SMILES string of the molecule is COc1ccc(CNc2c(C)cc(C)cc2C)cc1. The van der Waals surface area contributed by atoms with Crippen molar-refractivity contribution in [2.75, 3.05) is 12.4 Å². The summed E-state index contributed by atoms with van der Waals surface area (Å²) in [6.07, 6.45) is 0. The maximum Gasteiger partial charge on any atom is 0.118 e. The number of nitrogens with one attached hydrogen (secondary N) is 1. The summed E-state index contributed by atoms with van der Waals surface area (Å²) in [5.74, 6) is 0.895. The van der Waals surface area contributed by atoms with Crippen LogP contribution in [0.3, 0.4) is 0 Å². The van der Waals surface area contributed by atoms with Gasteiger partial charge >= 0.3 is 0 Å². The molecule has 2 aromatic rings. The Bertz CT molecular complexity index is 535. The molecule has 2 aromatic carbocycles. The molecule has 0 spiro atoms. The van der Waals surface area contributed by atoms with Crippen LogP contribution in [0.5, 0.6) is 5.75 Å². The van der Waals surface area contributed by atoms with Gasteiger partial charge in [-0.15, -0.1) is 0 Å². The van der Waals surface area contributed by atoms with E-state index < -0.39 is 0 Å². The second-order valence-corrected chi connectivity index (χ2v) is 4.98. The van der Waals surface area contributed by atoms with Crippen molar-refractivity contribution in [2.45, 2.75) is 27.3 Å². The van der Waals surface area contributed by atoms with Crippen LogP contribution in [-0.2, 0) is 6.54 Å². The Morgan fingerprint density at radius 2 is 1.53 bits per heavy atom. The van der Waals surface area contributed by atoms with Crippen LogP contribution < -0.4 is 10.1 Å². The number of methoxy groups -OCH3 is 1. The highest BCUT2D eigenvalue weighted by Crippen LogP contribution is 2.22. The third-order valence-corrected chi connectivity index (χ3v) is 3.31. The Balaban J connectivity index is 2.10. The van der Waals surface area contributed by atoms with Crippen molar-refractivity contribution >= 4 is 5.69 Å². The minimum Gasteiger partial charge on any atom is -0.497 e. The lowest BCUT2D eigenvalue weighted by atomic mass is 10.0. The minimum absolute atomic E-state index is 0.828. The zero-order chi connectivity index (χ0) is 13.8. The lowest BCUT2D eigenvalue weighted by molar-refractivity contribution is 0.414. The Kier molecular flexibility index (Phi) is 4.10. The van der Waals surface area contributed by atoms with Gasteiger partial charge in [0.1, 0.15) is 5.75 Å². The molecular formula is C17H21NO. The molecule has 19 heavy (non-hydrogen) atoms. The maximum absolute atomic E-state index is 5.16. The minimum atomic E-state index is 0.828. The van der Waals surface area contributed by atoms with Gasteiger partial charge in [0, 0.05) is 12.2 Å². The molecule has 0 unspecified atom stereocenters. The van der Waals surface area contributed by atoms with E-state index >= 15 is 0 Å². The Morgan fingerprint density at radius 1 is 0.947 bits per heavy atom. The second-order valence-electron chi connectivity index (χ2n) is 4.98. The molecule has 0 heterocycles. The number of rotatable bonds is 4. The zero-order valence-corrected chi connectivity index (χ0v) is 12.1. The van der Waals surface area contributed by atoms with E-state index in [4.69, 9.17) is 4.74 Å². The van der Waals surface area contributed by atoms with E-state index in [9.17, 15) is 0 Å². The number of benzene rings is 2. The molecule has 100 valence electrons. The average molecular weight is 255 g/mol. The van der Waals surface area contributed by atoms with Crippen molar-refractivity contribution in [3.8, 4) is 5.75 Å². The summed E-state index contributed by atoms with van der Waals surface area (Å²) < 4.78 is 5.16. The molecular weight excluding hydrogens is 234 g/mol. The Labute approximate surface area is 115 Å². The van der Waals surface area contributed by atoms with Crippen LogP contribution in [0.15, 0.2) is 36.4 Å². The quantitative estimate of drug-likeness (QED) is 0.882. The van der Waals surface area contributed by atoms with Crippen LogP contribution in [0.4, 0.5) is 5.69 Å². The van der Waals surface area contributed by atoms with Crippen LogP contribution in [0.25, 0.3) is 0 Å². The van der Waals surface area contributed by atoms with Crippen LogP contribution >= 0.6 is 0 Å². The molecule has 0 saturated heterocycles. The highest BCUT2D eigenvalue weighted by Gasteiger charge is 2.03. The topological polar surface area (TPSA) is 21.3 Å². The molecule has 0 aliphatic rings. The third-order valence-electron chi connectivity index (χ3n) is 3.31. The fourth-order valence-electron chi connectivity index (χ4n) is 2.39. The summed E-state index contributed by atoms with van der Waals surface area (Å²) >= 11 is 0. The van der Waals surface area contributed by atoms with Gasteiger partial charge in [0.05, 0.1) is 7.11 Å². The van der Waals surface area contributed by atoms with Crippen LogP contribution in [-0.4, -0.2) is 7.11 Å². The van der Waals surface area contributed by atoms with Crippen LogP contribution in [0, 0.1) is 20.8 Å². The van der Waals surface area contributed by atoms with Gasteiger partial charge in [-0.3, -0.25) is 0 Å². The molecule has 0 atom stereocenters. The maximum atomic E-state index is 5.16.